The maximum absolute atomic E-state index is 13.0. The van der Waals surface area contributed by atoms with E-state index in [4.69, 9.17) is 4.74 Å². The smallest absolute Gasteiger partial charge is 0.197 e. The van der Waals surface area contributed by atoms with Gasteiger partial charge in [-0.25, -0.2) is 0 Å². The third-order valence-corrected chi connectivity index (χ3v) is 6.09. The Morgan fingerprint density at radius 3 is 2.37 bits per heavy atom. The quantitative estimate of drug-likeness (QED) is 0.151. The van der Waals surface area contributed by atoms with Crippen LogP contribution in [0.1, 0.15) is 50.5 Å². The average Bonchev–Trinajstić information content (AvgIpc) is 2.57. The molecule has 1 aromatic rings. The maximum atomic E-state index is 13.0. The zero-order chi connectivity index (χ0) is 20.9. The SMILES string of the molecule is Cc1c(C(=O)C(C=N[C@H](CO)C(C)(C)C)=CO)cc(I)c(OC(C)C)c1I. The van der Waals surface area contributed by atoms with Gasteiger partial charge in [0.05, 0.1) is 37.7 Å². The highest BCUT2D eigenvalue weighted by Crippen LogP contribution is 2.34. The van der Waals surface area contributed by atoms with E-state index in [2.05, 4.69) is 50.2 Å². The van der Waals surface area contributed by atoms with Crippen LogP contribution < -0.4 is 4.74 Å². The van der Waals surface area contributed by atoms with Gasteiger partial charge in [0.25, 0.3) is 0 Å². The van der Waals surface area contributed by atoms with E-state index in [1.54, 1.807) is 6.07 Å². The van der Waals surface area contributed by atoms with Crippen molar-refractivity contribution in [3.63, 3.8) is 0 Å². The molecule has 0 heterocycles. The molecule has 0 radical (unpaired) electrons. The van der Waals surface area contributed by atoms with Crippen LogP contribution >= 0.6 is 45.2 Å². The van der Waals surface area contributed by atoms with Gasteiger partial charge in [-0.15, -0.1) is 0 Å². The molecule has 2 N–H and O–H groups in total. The highest BCUT2D eigenvalue weighted by molar-refractivity contribution is 14.1. The molecule has 0 saturated carbocycles. The second-order valence-corrected chi connectivity index (χ2v) is 9.84. The Kier molecular flexibility index (Phi) is 9.20. The zero-order valence-corrected chi connectivity index (χ0v) is 20.8. The summed E-state index contributed by atoms with van der Waals surface area (Å²) in [5.41, 5.74) is 1.09. The third-order valence-electron chi connectivity index (χ3n) is 3.99. The van der Waals surface area contributed by atoms with E-state index in [-0.39, 0.29) is 35.5 Å². The van der Waals surface area contributed by atoms with E-state index in [1.165, 1.54) is 6.21 Å². The summed E-state index contributed by atoms with van der Waals surface area (Å²) >= 11 is 4.32. The number of halogens is 2. The molecule has 0 unspecified atom stereocenters. The van der Waals surface area contributed by atoms with Crippen molar-refractivity contribution in [2.24, 2.45) is 10.4 Å². The zero-order valence-electron chi connectivity index (χ0n) is 16.5. The summed E-state index contributed by atoms with van der Waals surface area (Å²) in [4.78, 5) is 17.3. The van der Waals surface area contributed by atoms with Gasteiger partial charge in [-0.05, 0) is 83.0 Å². The first-order valence-corrected chi connectivity index (χ1v) is 10.8. The largest absolute Gasteiger partial charge is 0.515 e. The summed E-state index contributed by atoms with van der Waals surface area (Å²) in [5, 5.41) is 19.1. The highest BCUT2D eigenvalue weighted by Gasteiger charge is 2.24. The van der Waals surface area contributed by atoms with Crippen LogP contribution in [0, 0.1) is 19.5 Å². The topological polar surface area (TPSA) is 79.1 Å². The van der Waals surface area contributed by atoms with Gasteiger partial charge in [0.15, 0.2) is 5.78 Å². The number of carbonyl (C=O) groups excluding carboxylic acids is 1. The van der Waals surface area contributed by atoms with E-state index in [0.717, 1.165) is 24.7 Å². The number of hydrogen-bond acceptors (Lipinski definition) is 5. The number of ketones is 1. The van der Waals surface area contributed by atoms with Gasteiger partial charge in [0.2, 0.25) is 0 Å². The first-order valence-electron chi connectivity index (χ1n) is 8.62. The molecule has 1 rings (SSSR count). The van der Waals surface area contributed by atoms with Gasteiger partial charge >= 0.3 is 0 Å². The van der Waals surface area contributed by atoms with Crippen LogP contribution in [0.2, 0.25) is 0 Å². The summed E-state index contributed by atoms with van der Waals surface area (Å²) in [7, 11) is 0. The molecule has 150 valence electrons. The minimum atomic E-state index is -0.372. The molecule has 0 bridgehead atoms. The van der Waals surface area contributed by atoms with Gasteiger partial charge in [-0.1, -0.05) is 20.8 Å². The van der Waals surface area contributed by atoms with Crippen LogP contribution in [0.5, 0.6) is 5.75 Å². The van der Waals surface area contributed by atoms with E-state index < -0.39 is 0 Å². The molecule has 0 fully saturated rings. The monoisotopic (exact) mass is 599 g/mol. The highest BCUT2D eigenvalue weighted by atomic mass is 127. The fourth-order valence-corrected chi connectivity index (χ4v) is 4.23. The minimum absolute atomic E-state index is 0.0285. The average molecular weight is 599 g/mol. The fraction of sp³-hybridized carbons (Fsp3) is 0.500. The van der Waals surface area contributed by atoms with Crippen molar-refractivity contribution in [1.82, 2.24) is 0 Å². The van der Waals surface area contributed by atoms with Gasteiger partial charge in [-0.3, -0.25) is 9.79 Å². The second kappa shape index (κ2) is 10.2. The summed E-state index contributed by atoms with van der Waals surface area (Å²) in [6.45, 7) is 11.5. The molecule has 1 atom stereocenters. The molecular weight excluding hydrogens is 572 g/mol. The lowest BCUT2D eigenvalue weighted by Crippen LogP contribution is -2.28. The van der Waals surface area contributed by atoms with E-state index in [0.29, 0.717) is 5.56 Å². The fourth-order valence-electron chi connectivity index (χ4n) is 2.29. The normalized spacial score (nSPS) is 14.1. The number of aliphatic hydroxyl groups excluding tert-OH is 2. The lowest BCUT2D eigenvalue weighted by molar-refractivity contribution is 0.103. The number of Topliss-reactive ketones (excluding diaryl/α,β-unsaturated/α-hetero) is 1. The lowest BCUT2D eigenvalue weighted by atomic mass is 9.87. The Morgan fingerprint density at radius 1 is 1.33 bits per heavy atom. The van der Waals surface area contributed by atoms with Crippen molar-refractivity contribution in [3.05, 3.63) is 36.2 Å². The molecule has 0 spiro atoms. The lowest BCUT2D eigenvalue weighted by Gasteiger charge is -2.25. The minimum Gasteiger partial charge on any atom is -0.515 e. The molecule has 5 nitrogen and oxygen atoms in total. The van der Waals surface area contributed by atoms with Gasteiger partial charge in [0, 0.05) is 11.8 Å². The van der Waals surface area contributed by atoms with Crippen LogP contribution in [0.15, 0.2) is 22.9 Å². The summed E-state index contributed by atoms with van der Waals surface area (Å²) < 4.78 is 7.56. The number of benzene rings is 1. The maximum Gasteiger partial charge on any atom is 0.197 e. The molecule has 0 saturated heterocycles. The molecule has 0 amide bonds. The third kappa shape index (κ3) is 6.42. The molecule has 27 heavy (non-hydrogen) atoms. The van der Waals surface area contributed by atoms with E-state index >= 15 is 0 Å². The van der Waals surface area contributed by atoms with Crippen LogP contribution in [0.4, 0.5) is 0 Å². The van der Waals surface area contributed by atoms with Crippen molar-refractivity contribution in [2.45, 2.75) is 53.7 Å². The number of allylic oxidation sites excluding steroid dienone is 1. The Bertz CT molecular complexity index is 749. The number of ether oxygens (including phenoxy) is 1. The molecule has 0 aliphatic carbocycles. The predicted molar refractivity (Wildman–Crippen MR) is 126 cm³/mol. The second-order valence-electron chi connectivity index (χ2n) is 7.60. The number of aliphatic imine (C=N–C) groups is 1. The van der Waals surface area contributed by atoms with Crippen LogP contribution in [0.3, 0.4) is 0 Å². The number of hydrogen-bond donors (Lipinski definition) is 2. The summed E-state index contributed by atoms with van der Waals surface area (Å²) in [6, 6.07) is 1.39. The van der Waals surface area contributed by atoms with Crippen molar-refractivity contribution in [3.8, 4) is 5.75 Å². The van der Waals surface area contributed by atoms with E-state index in [9.17, 15) is 15.0 Å². The molecular formula is C20H27I2NO4. The Labute approximate surface area is 188 Å². The Hall–Kier alpha value is -0.680. The summed E-state index contributed by atoms with van der Waals surface area (Å²) in [6.07, 6.45) is 2.13. The van der Waals surface area contributed by atoms with Crippen molar-refractivity contribution in [2.75, 3.05) is 6.61 Å². The number of nitrogens with zero attached hydrogens (tertiary/aromatic N) is 1. The summed E-state index contributed by atoms with van der Waals surface area (Å²) in [5.74, 6) is 0.438. The molecule has 7 heteroatoms. The van der Waals surface area contributed by atoms with Crippen LogP contribution in [0.25, 0.3) is 0 Å². The van der Waals surface area contributed by atoms with Gasteiger partial charge < -0.3 is 14.9 Å². The van der Waals surface area contributed by atoms with Gasteiger partial charge in [-0.2, -0.15) is 0 Å². The number of rotatable bonds is 7. The van der Waals surface area contributed by atoms with Crippen LogP contribution in [-0.4, -0.2) is 41.0 Å². The van der Waals surface area contributed by atoms with Crippen molar-refractivity contribution >= 4 is 57.2 Å². The Morgan fingerprint density at radius 2 is 1.93 bits per heavy atom. The standard InChI is InChI=1S/C20H27I2NO4/c1-11(2)27-19-15(21)7-14(12(3)17(19)22)18(26)13(9-24)8-23-16(10-25)20(4,5)6/h7-9,11,16,24-25H,10H2,1-6H3/t16-/m1/s1. The molecule has 0 aliphatic rings. The van der Waals surface area contributed by atoms with E-state index in [1.807, 2.05) is 41.5 Å². The molecule has 0 aliphatic heterocycles. The first kappa shape index (κ1) is 24.4. The van der Waals surface area contributed by atoms with Crippen molar-refractivity contribution < 1.29 is 19.7 Å². The molecule has 1 aromatic carbocycles. The number of aliphatic hydroxyl groups is 2. The Balaban J connectivity index is 3.27. The van der Waals surface area contributed by atoms with Gasteiger partial charge in [0.1, 0.15) is 5.75 Å². The number of carbonyl (C=O) groups is 1. The van der Waals surface area contributed by atoms with Crippen molar-refractivity contribution in [1.29, 1.82) is 0 Å². The predicted octanol–water partition coefficient (Wildman–Crippen LogP) is 5.09. The first-order chi connectivity index (χ1) is 12.4. The van der Waals surface area contributed by atoms with Crippen LogP contribution in [-0.2, 0) is 0 Å². The molecule has 0 aromatic heterocycles.